The van der Waals surface area contributed by atoms with Crippen LogP contribution in [0.25, 0.3) is 5.70 Å². The zero-order valence-electron chi connectivity index (χ0n) is 16.4. The Hall–Kier alpha value is -0.990. The van der Waals surface area contributed by atoms with Crippen molar-refractivity contribution in [3.8, 4) is 0 Å². The van der Waals surface area contributed by atoms with Gasteiger partial charge in [-0.2, -0.15) is 0 Å². The van der Waals surface area contributed by atoms with E-state index in [1.807, 2.05) is 19.9 Å². The van der Waals surface area contributed by atoms with Gasteiger partial charge < -0.3 is 10.6 Å². The maximum absolute atomic E-state index is 6.68. The molecule has 25 heavy (non-hydrogen) atoms. The van der Waals surface area contributed by atoms with E-state index in [1.54, 1.807) is 5.57 Å². The Morgan fingerprint density at radius 1 is 1.24 bits per heavy atom. The number of rotatable bonds is 5. The van der Waals surface area contributed by atoms with E-state index in [-0.39, 0.29) is 0 Å². The highest BCUT2D eigenvalue weighted by Gasteiger charge is 2.24. The van der Waals surface area contributed by atoms with Crippen LogP contribution in [-0.2, 0) is 0 Å². The lowest BCUT2D eigenvalue weighted by molar-refractivity contribution is 0.422. The molecule has 2 fully saturated rings. The Balaban J connectivity index is 0.00000109. The fourth-order valence-corrected chi connectivity index (χ4v) is 3.84. The molecule has 0 radical (unpaired) electrons. The van der Waals surface area contributed by atoms with Crippen molar-refractivity contribution in [1.82, 2.24) is 10.6 Å². The summed E-state index contributed by atoms with van der Waals surface area (Å²) in [4.78, 5) is 0. The lowest BCUT2D eigenvalue weighted by Crippen LogP contribution is -2.39. The van der Waals surface area contributed by atoms with Gasteiger partial charge in [-0.05, 0) is 74.7 Å². The third-order valence-corrected chi connectivity index (χ3v) is 5.75. The van der Waals surface area contributed by atoms with Crippen LogP contribution in [0.2, 0.25) is 5.02 Å². The second-order valence-electron chi connectivity index (χ2n) is 7.01. The van der Waals surface area contributed by atoms with Gasteiger partial charge in [-0.15, -0.1) is 0 Å². The second-order valence-corrected chi connectivity index (χ2v) is 7.42. The molecule has 0 bridgehead atoms. The number of nitrogens with one attached hydrogen (secondary N) is 2. The van der Waals surface area contributed by atoms with Gasteiger partial charge in [0.25, 0.3) is 0 Å². The second kappa shape index (κ2) is 10.2. The summed E-state index contributed by atoms with van der Waals surface area (Å²) < 4.78 is 0. The molecule has 0 aromatic heterocycles. The molecule has 140 valence electrons. The first-order valence-corrected chi connectivity index (χ1v) is 10.6. The minimum Gasteiger partial charge on any atom is -0.382 e. The predicted molar refractivity (Wildman–Crippen MR) is 111 cm³/mol. The monoisotopic (exact) mass is 362 g/mol. The van der Waals surface area contributed by atoms with Crippen molar-refractivity contribution in [3.63, 3.8) is 0 Å². The van der Waals surface area contributed by atoms with Crippen molar-refractivity contribution in [2.45, 2.75) is 78.2 Å². The third kappa shape index (κ3) is 5.01. The molecule has 1 unspecified atom stereocenters. The van der Waals surface area contributed by atoms with Crippen molar-refractivity contribution in [1.29, 1.82) is 0 Å². The Morgan fingerprint density at radius 2 is 1.92 bits per heavy atom. The van der Waals surface area contributed by atoms with E-state index in [9.17, 15) is 0 Å². The summed E-state index contributed by atoms with van der Waals surface area (Å²) >= 11 is 6.68. The molecular formula is C22H35ClN2. The van der Waals surface area contributed by atoms with Crippen LogP contribution in [-0.4, -0.2) is 19.1 Å². The number of allylic oxidation sites excluding steroid dienone is 1. The summed E-state index contributed by atoms with van der Waals surface area (Å²) in [5.41, 5.74) is 5.60. The summed E-state index contributed by atoms with van der Waals surface area (Å²) in [7, 11) is 0. The Labute approximate surface area is 159 Å². The van der Waals surface area contributed by atoms with Crippen molar-refractivity contribution < 1.29 is 0 Å². The largest absolute Gasteiger partial charge is 0.382 e. The summed E-state index contributed by atoms with van der Waals surface area (Å²) in [6.07, 6.45) is 7.29. The fourth-order valence-electron chi connectivity index (χ4n) is 3.56. The van der Waals surface area contributed by atoms with Gasteiger partial charge >= 0.3 is 0 Å². The van der Waals surface area contributed by atoms with Gasteiger partial charge in [0.1, 0.15) is 0 Å². The molecule has 2 N–H and O–H groups in total. The Kier molecular flexibility index (Phi) is 8.32. The average Bonchev–Trinajstić information content (AvgIpc) is 2.61. The molecule has 2 nitrogen and oxygen atoms in total. The fraction of sp³-hybridized carbons (Fsp3) is 0.636. The maximum Gasteiger partial charge on any atom is 0.0501 e. The third-order valence-electron chi connectivity index (χ3n) is 5.44. The molecule has 1 aromatic rings. The van der Waals surface area contributed by atoms with Crippen LogP contribution in [0, 0.1) is 0 Å². The molecule has 1 saturated heterocycles. The molecule has 2 aliphatic rings. The van der Waals surface area contributed by atoms with Gasteiger partial charge in [0.2, 0.25) is 0 Å². The summed E-state index contributed by atoms with van der Waals surface area (Å²) in [5, 5.41) is 8.24. The van der Waals surface area contributed by atoms with E-state index >= 15 is 0 Å². The smallest absolute Gasteiger partial charge is 0.0501 e. The first-order valence-electron chi connectivity index (χ1n) is 10.2. The molecule has 0 amide bonds. The summed E-state index contributed by atoms with van der Waals surface area (Å²) in [5.74, 6) is 0.536. The van der Waals surface area contributed by atoms with Crippen molar-refractivity contribution in [3.05, 3.63) is 39.9 Å². The van der Waals surface area contributed by atoms with Crippen LogP contribution < -0.4 is 10.6 Å². The highest BCUT2D eigenvalue weighted by atomic mass is 35.5. The zero-order valence-corrected chi connectivity index (χ0v) is 17.2. The molecule has 1 aliphatic heterocycles. The lowest BCUT2D eigenvalue weighted by atomic mass is 9.84. The van der Waals surface area contributed by atoms with E-state index in [1.165, 1.54) is 48.9 Å². The highest BCUT2D eigenvalue weighted by Crippen LogP contribution is 2.39. The minimum atomic E-state index is 0.536. The van der Waals surface area contributed by atoms with E-state index in [4.69, 9.17) is 11.6 Å². The zero-order chi connectivity index (χ0) is 18.2. The average molecular weight is 363 g/mol. The quantitative estimate of drug-likeness (QED) is 0.659. The van der Waals surface area contributed by atoms with Crippen molar-refractivity contribution >= 4 is 17.3 Å². The van der Waals surface area contributed by atoms with Crippen LogP contribution in [0.4, 0.5) is 0 Å². The SMILES string of the molecule is CC.CCC(C)c1cccc(Cl)c1C(NC1CCNCC1)=C1CCC1. The lowest BCUT2D eigenvalue weighted by Gasteiger charge is -2.32. The number of benzene rings is 1. The Morgan fingerprint density at radius 3 is 2.48 bits per heavy atom. The molecule has 1 saturated carbocycles. The van der Waals surface area contributed by atoms with Gasteiger partial charge in [-0.1, -0.05) is 51.4 Å². The van der Waals surface area contributed by atoms with Crippen LogP contribution in [0.3, 0.4) is 0 Å². The Bertz CT molecular complexity index is 567. The van der Waals surface area contributed by atoms with Gasteiger partial charge in [-0.25, -0.2) is 0 Å². The molecule has 1 atom stereocenters. The van der Waals surface area contributed by atoms with Gasteiger partial charge in [-0.3, -0.25) is 0 Å². The molecule has 3 heteroatoms. The normalized spacial score (nSPS) is 18.7. The first kappa shape index (κ1) is 20.3. The summed E-state index contributed by atoms with van der Waals surface area (Å²) in [6.45, 7) is 10.8. The minimum absolute atomic E-state index is 0.536. The molecular weight excluding hydrogens is 328 g/mol. The molecule has 1 aromatic carbocycles. The number of halogens is 1. The molecule has 3 rings (SSSR count). The maximum atomic E-state index is 6.68. The van der Waals surface area contributed by atoms with Gasteiger partial charge in [0, 0.05) is 17.3 Å². The van der Waals surface area contributed by atoms with Crippen LogP contribution in [0.15, 0.2) is 23.8 Å². The van der Waals surface area contributed by atoms with E-state index in [0.717, 1.165) is 24.5 Å². The summed E-state index contributed by atoms with van der Waals surface area (Å²) in [6, 6.07) is 6.98. The van der Waals surface area contributed by atoms with E-state index < -0.39 is 0 Å². The number of piperidine rings is 1. The topological polar surface area (TPSA) is 24.1 Å². The van der Waals surface area contributed by atoms with E-state index in [2.05, 4.69) is 36.6 Å². The van der Waals surface area contributed by atoms with Crippen LogP contribution in [0.1, 0.15) is 83.3 Å². The number of hydrogen-bond donors (Lipinski definition) is 2. The van der Waals surface area contributed by atoms with Crippen molar-refractivity contribution in [2.24, 2.45) is 0 Å². The molecule has 1 aliphatic carbocycles. The predicted octanol–water partition coefficient (Wildman–Crippen LogP) is 6.12. The first-order chi connectivity index (χ1) is 12.2. The molecule has 0 spiro atoms. The van der Waals surface area contributed by atoms with Crippen LogP contribution in [0.5, 0.6) is 0 Å². The van der Waals surface area contributed by atoms with Gasteiger partial charge in [0.15, 0.2) is 0 Å². The standard InChI is InChI=1S/C20H29ClN2.C2H6/c1-3-14(2)17-8-5-9-18(21)19(17)20(15-6-4-7-15)23-16-10-12-22-13-11-16;1-2/h5,8-9,14,16,22-23H,3-4,6-7,10-13H2,1-2H3;1-2H3. The van der Waals surface area contributed by atoms with Crippen molar-refractivity contribution in [2.75, 3.05) is 13.1 Å². The van der Waals surface area contributed by atoms with E-state index in [0.29, 0.717) is 12.0 Å². The van der Waals surface area contributed by atoms with Crippen LogP contribution >= 0.6 is 11.6 Å². The molecule has 1 heterocycles. The highest BCUT2D eigenvalue weighted by molar-refractivity contribution is 6.32. The number of hydrogen-bond acceptors (Lipinski definition) is 2. The van der Waals surface area contributed by atoms with Gasteiger partial charge in [0.05, 0.1) is 5.02 Å².